The number of carbonyl (C=O) groups excluding carboxylic acids is 3. The maximum Gasteiger partial charge on any atom is 0.279 e. The van der Waals surface area contributed by atoms with E-state index in [1.165, 1.54) is 37.3 Å². The van der Waals surface area contributed by atoms with Crippen molar-refractivity contribution in [3.63, 3.8) is 0 Å². The fraction of sp³-hybridized carbons (Fsp3) is 0.133. The highest BCUT2D eigenvalue weighted by Gasteiger charge is 2.12. The molecule has 1 aromatic heterocycles. The molecule has 0 spiro atoms. The van der Waals surface area contributed by atoms with Gasteiger partial charge in [0.2, 0.25) is 5.91 Å². The van der Waals surface area contributed by atoms with E-state index in [-0.39, 0.29) is 18.0 Å². The SMILES string of the molecule is CC(=O)c1ccc(C(=O)NNC(=O)Cc2ccc(F)cc2)s1. The number of benzene rings is 1. The zero-order chi connectivity index (χ0) is 16.1. The molecule has 0 radical (unpaired) electrons. The lowest BCUT2D eigenvalue weighted by atomic mass is 10.1. The van der Waals surface area contributed by atoms with E-state index in [4.69, 9.17) is 0 Å². The van der Waals surface area contributed by atoms with Crippen molar-refractivity contribution in [2.24, 2.45) is 0 Å². The van der Waals surface area contributed by atoms with Crippen LogP contribution in [-0.4, -0.2) is 17.6 Å². The van der Waals surface area contributed by atoms with Crippen molar-refractivity contribution in [1.29, 1.82) is 0 Å². The molecule has 0 aliphatic rings. The predicted octanol–water partition coefficient (Wildman–Crippen LogP) is 2.09. The Bertz CT molecular complexity index is 710. The molecule has 5 nitrogen and oxygen atoms in total. The van der Waals surface area contributed by atoms with Gasteiger partial charge in [-0.3, -0.25) is 25.2 Å². The molecule has 7 heteroatoms. The molecule has 2 N–H and O–H groups in total. The molecule has 1 aromatic carbocycles. The zero-order valence-corrected chi connectivity index (χ0v) is 12.5. The van der Waals surface area contributed by atoms with Gasteiger partial charge in [-0.15, -0.1) is 11.3 Å². The van der Waals surface area contributed by atoms with Crippen LogP contribution in [0.5, 0.6) is 0 Å². The van der Waals surface area contributed by atoms with E-state index in [9.17, 15) is 18.8 Å². The number of rotatable bonds is 4. The van der Waals surface area contributed by atoms with Crippen LogP contribution in [0.4, 0.5) is 4.39 Å². The van der Waals surface area contributed by atoms with Crippen LogP contribution >= 0.6 is 11.3 Å². The molecule has 0 bridgehead atoms. The monoisotopic (exact) mass is 320 g/mol. The van der Waals surface area contributed by atoms with Crippen molar-refractivity contribution in [1.82, 2.24) is 10.9 Å². The summed E-state index contributed by atoms with van der Waals surface area (Å²) in [6.07, 6.45) is 0.0176. The van der Waals surface area contributed by atoms with Crippen molar-refractivity contribution in [3.05, 3.63) is 57.5 Å². The third kappa shape index (κ3) is 4.23. The number of hydrogen-bond acceptors (Lipinski definition) is 4. The summed E-state index contributed by atoms with van der Waals surface area (Å²) in [7, 11) is 0. The molecule has 0 fully saturated rings. The van der Waals surface area contributed by atoms with Gasteiger partial charge in [0.15, 0.2) is 5.78 Å². The van der Waals surface area contributed by atoms with E-state index in [1.54, 1.807) is 6.07 Å². The second-order valence-electron chi connectivity index (χ2n) is 4.53. The van der Waals surface area contributed by atoms with Crippen molar-refractivity contribution >= 4 is 28.9 Å². The lowest BCUT2D eigenvalue weighted by Gasteiger charge is -2.06. The number of ketones is 1. The van der Waals surface area contributed by atoms with Gasteiger partial charge < -0.3 is 0 Å². The number of nitrogens with one attached hydrogen (secondary N) is 2. The molecule has 22 heavy (non-hydrogen) atoms. The van der Waals surface area contributed by atoms with Crippen molar-refractivity contribution in [3.8, 4) is 0 Å². The largest absolute Gasteiger partial charge is 0.294 e. The minimum absolute atomic E-state index is 0.0176. The van der Waals surface area contributed by atoms with Crippen LogP contribution in [0.3, 0.4) is 0 Å². The minimum Gasteiger partial charge on any atom is -0.294 e. The van der Waals surface area contributed by atoms with Gasteiger partial charge in [-0.25, -0.2) is 4.39 Å². The average molecular weight is 320 g/mol. The lowest BCUT2D eigenvalue weighted by molar-refractivity contribution is -0.121. The average Bonchev–Trinajstić information content (AvgIpc) is 2.97. The summed E-state index contributed by atoms with van der Waals surface area (Å²) < 4.78 is 12.7. The summed E-state index contributed by atoms with van der Waals surface area (Å²) in [5, 5.41) is 0. The van der Waals surface area contributed by atoms with E-state index < -0.39 is 11.8 Å². The standard InChI is InChI=1S/C15H13FN2O3S/c1-9(19)12-6-7-13(22-12)15(21)18-17-14(20)8-10-2-4-11(16)5-3-10/h2-7H,8H2,1H3,(H,17,20)(H,18,21). The highest BCUT2D eigenvalue weighted by Crippen LogP contribution is 2.16. The number of halogens is 1. The van der Waals surface area contributed by atoms with Crippen LogP contribution < -0.4 is 10.9 Å². The Morgan fingerprint density at radius 1 is 1.00 bits per heavy atom. The smallest absolute Gasteiger partial charge is 0.279 e. The Labute approximate surface area is 130 Å². The first-order chi connectivity index (χ1) is 10.5. The van der Waals surface area contributed by atoms with Gasteiger partial charge in [0.1, 0.15) is 5.82 Å². The first kappa shape index (κ1) is 15.8. The van der Waals surface area contributed by atoms with Gasteiger partial charge in [-0.05, 0) is 36.8 Å². The number of carbonyl (C=O) groups is 3. The Morgan fingerprint density at radius 2 is 1.64 bits per heavy atom. The van der Waals surface area contributed by atoms with E-state index in [2.05, 4.69) is 10.9 Å². The number of thiophene rings is 1. The first-order valence-corrected chi connectivity index (χ1v) is 7.22. The van der Waals surface area contributed by atoms with Crippen molar-refractivity contribution < 1.29 is 18.8 Å². The molecule has 0 saturated heterocycles. The van der Waals surface area contributed by atoms with E-state index in [1.807, 2.05) is 0 Å². The van der Waals surface area contributed by atoms with Gasteiger partial charge in [0.05, 0.1) is 16.2 Å². The Kier molecular flexibility index (Phi) is 5.00. The maximum atomic E-state index is 12.7. The number of amides is 2. The van der Waals surface area contributed by atoms with Crippen molar-refractivity contribution in [2.45, 2.75) is 13.3 Å². The van der Waals surface area contributed by atoms with Gasteiger partial charge in [-0.1, -0.05) is 12.1 Å². The second kappa shape index (κ2) is 6.95. The molecule has 114 valence electrons. The normalized spacial score (nSPS) is 10.1. The Balaban J connectivity index is 1.86. The van der Waals surface area contributed by atoms with E-state index in [0.717, 1.165) is 11.3 Å². The summed E-state index contributed by atoms with van der Waals surface area (Å²) >= 11 is 1.05. The molecular formula is C15H13FN2O3S. The van der Waals surface area contributed by atoms with Gasteiger partial charge in [0.25, 0.3) is 5.91 Å². The fourth-order valence-corrected chi connectivity index (χ4v) is 2.47. The maximum absolute atomic E-state index is 12.7. The fourth-order valence-electron chi connectivity index (χ4n) is 1.67. The van der Waals surface area contributed by atoms with Crippen LogP contribution in [0.15, 0.2) is 36.4 Å². The molecule has 1 heterocycles. The molecular weight excluding hydrogens is 307 g/mol. The van der Waals surface area contributed by atoms with Crippen LogP contribution in [0, 0.1) is 5.82 Å². The van der Waals surface area contributed by atoms with E-state index in [0.29, 0.717) is 15.3 Å². The predicted molar refractivity (Wildman–Crippen MR) is 80.0 cm³/mol. The quantitative estimate of drug-likeness (QED) is 0.669. The third-order valence-corrected chi connectivity index (χ3v) is 3.96. The van der Waals surface area contributed by atoms with Gasteiger partial charge in [-0.2, -0.15) is 0 Å². The number of Topliss-reactive ketones (excluding diaryl/α,β-unsaturated/α-hetero) is 1. The van der Waals surface area contributed by atoms with Crippen molar-refractivity contribution in [2.75, 3.05) is 0 Å². The number of hydrazine groups is 1. The molecule has 0 saturated carbocycles. The topological polar surface area (TPSA) is 75.3 Å². The van der Waals surface area contributed by atoms with Crippen LogP contribution in [0.2, 0.25) is 0 Å². The summed E-state index contributed by atoms with van der Waals surface area (Å²) in [6, 6.07) is 8.58. The van der Waals surface area contributed by atoms with Crippen LogP contribution in [0.25, 0.3) is 0 Å². The third-order valence-electron chi connectivity index (χ3n) is 2.77. The molecule has 0 aliphatic carbocycles. The highest BCUT2D eigenvalue weighted by atomic mass is 32.1. The van der Waals surface area contributed by atoms with Gasteiger partial charge in [0, 0.05) is 0 Å². The summed E-state index contributed by atoms with van der Waals surface area (Å²) in [5.41, 5.74) is 5.17. The highest BCUT2D eigenvalue weighted by molar-refractivity contribution is 7.15. The summed E-state index contributed by atoms with van der Waals surface area (Å²) in [4.78, 5) is 35.4. The molecule has 0 atom stereocenters. The first-order valence-electron chi connectivity index (χ1n) is 6.40. The van der Waals surface area contributed by atoms with Gasteiger partial charge >= 0.3 is 0 Å². The Hall–Kier alpha value is -2.54. The molecule has 0 unspecified atom stereocenters. The lowest BCUT2D eigenvalue weighted by Crippen LogP contribution is -2.42. The minimum atomic E-state index is -0.495. The summed E-state index contributed by atoms with van der Waals surface area (Å²) in [5.74, 6) is -1.42. The van der Waals surface area contributed by atoms with E-state index >= 15 is 0 Å². The zero-order valence-electron chi connectivity index (χ0n) is 11.7. The Morgan fingerprint density at radius 3 is 2.23 bits per heavy atom. The second-order valence-corrected chi connectivity index (χ2v) is 5.61. The molecule has 2 rings (SSSR count). The van der Waals surface area contributed by atoms with Crippen LogP contribution in [-0.2, 0) is 11.2 Å². The number of hydrogen-bond donors (Lipinski definition) is 2. The molecule has 2 aromatic rings. The molecule has 2 amide bonds. The van der Waals surface area contributed by atoms with Crippen LogP contribution in [0.1, 0.15) is 31.8 Å². The summed E-state index contributed by atoms with van der Waals surface area (Å²) in [6.45, 7) is 1.41. The molecule has 0 aliphatic heterocycles.